The first kappa shape index (κ1) is 13.9. The molecule has 2 rings (SSSR count). The minimum Gasteiger partial charge on any atom is -0.507 e. The molecule has 4 nitrogen and oxygen atoms in total. The summed E-state index contributed by atoms with van der Waals surface area (Å²) in [6, 6.07) is 3.43. The molecule has 0 amide bonds. The molecule has 19 heavy (non-hydrogen) atoms. The maximum Gasteiger partial charge on any atom is 0.340 e. The summed E-state index contributed by atoms with van der Waals surface area (Å²) in [4.78, 5) is 12.1. The maximum absolute atomic E-state index is 12.1. The zero-order chi connectivity index (χ0) is 14.2. The molecule has 0 saturated heterocycles. The fraction of sp³-hybridized carbons (Fsp3) is 0.357. The summed E-state index contributed by atoms with van der Waals surface area (Å²) in [5.41, 5.74) is 2.29. The van der Waals surface area contributed by atoms with E-state index in [9.17, 15) is 9.90 Å². The molecule has 0 unspecified atom stereocenters. The van der Waals surface area contributed by atoms with Crippen molar-refractivity contribution in [3.8, 4) is 5.75 Å². The van der Waals surface area contributed by atoms with Gasteiger partial charge < -0.3 is 14.4 Å². The molecule has 1 N–H and O–H groups in total. The molecule has 0 spiro atoms. The van der Waals surface area contributed by atoms with Crippen LogP contribution in [0.1, 0.15) is 29.9 Å². The van der Waals surface area contributed by atoms with E-state index in [4.69, 9.17) is 4.74 Å². The Morgan fingerprint density at radius 3 is 2.68 bits per heavy atom. The third-order valence-electron chi connectivity index (χ3n) is 3.19. The molecular weight excluding hydrogens is 310 g/mol. The monoisotopic (exact) mass is 325 g/mol. The van der Waals surface area contributed by atoms with E-state index >= 15 is 0 Å². The van der Waals surface area contributed by atoms with Crippen LogP contribution in [-0.4, -0.2) is 22.2 Å². The summed E-state index contributed by atoms with van der Waals surface area (Å²) in [6.07, 6.45) is 0. The van der Waals surface area contributed by atoms with E-state index < -0.39 is 0 Å². The van der Waals surface area contributed by atoms with E-state index in [1.807, 2.05) is 24.5 Å². The van der Waals surface area contributed by atoms with Crippen LogP contribution in [0.2, 0.25) is 0 Å². The summed E-state index contributed by atoms with van der Waals surface area (Å²) in [7, 11) is 0. The van der Waals surface area contributed by atoms with Crippen LogP contribution in [0.3, 0.4) is 0 Å². The molecule has 0 saturated carbocycles. The molecule has 0 aliphatic rings. The lowest BCUT2D eigenvalue weighted by atomic mass is 10.1. The number of aryl methyl sites for hydroxylation is 1. The molecule has 1 heterocycles. The van der Waals surface area contributed by atoms with Crippen molar-refractivity contribution in [3.63, 3.8) is 0 Å². The lowest BCUT2D eigenvalue weighted by molar-refractivity contribution is 0.0527. The van der Waals surface area contributed by atoms with E-state index in [1.54, 1.807) is 13.0 Å². The summed E-state index contributed by atoms with van der Waals surface area (Å²) in [5, 5.41) is 10.5. The van der Waals surface area contributed by atoms with Gasteiger partial charge in [0.25, 0.3) is 0 Å². The number of carbonyl (C=O) groups is 1. The van der Waals surface area contributed by atoms with E-state index in [0.717, 1.165) is 23.1 Å². The number of phenolic OH excluding ortho intramolecular Hbond substituents is 1. The van der Waals surface area contributed by atoms with Gasteiger partial charge in [0.15, 0.2) is 0 Å². The lowest BCUT2D eigenvalue weighted by Crippen LogP contribution is -2.07. The van der Waals surface area contributed by atoms with Gasteiger partial charge in [0.05, 0.1) is 22.2 Å². The molecule has 5 heteroatoms. The van der Waals surface area contributed by atoms with Crippen LogP contribution in [0.4, 0.5) is 0 Å². The molecule has 1 aromatic heterocycles. The third-order valence-corrected chi connectivity index (χ3v) is 3.82. The van der Waals surface area contributed by atoms with Gasteiger partial charge in [0.2, 0.25) is 0 Å². The van der Waals surface area contributed by atoms with Crippen molar-refractivity contribution in [1.29, 1.82) is 0 Å². The number of benzene rings is 1. The van der Waals surface area contributed by atoms with E-state index in [2.05, 4.69) is 15.9 Å². The largest absolute Gasteiger partial charge is 0.507 e. The minimum atomic E-state index is -0.348. The van der Waals surface area contributed by atoms with Crippen molar-refractivity contribution in [2.24, 2.45) is 0 Å². The average molecular weight is 326 g/mol. The Balaban J connectivity index is 2.79. The van der Waals surface area contributed by atoms with Crippen LogP contribution < -0.4 is 0 Å². The molecule has 0 aliphatic carbocycles. The second-order valence-corrected chi connectivity index (χ2v) is 5.10. The number of fused-ring (bicyclic) bond motifs is 1. The summed E-state index contributed by atoms with van der Waals surface area (Å²) >= 11 is 3.30. The molecule has 0 aliphatic heterocycles. The number of phenols is 1. The topological polar surface area (TPSA) is 51.5 Å². The van der Waals surface area contributed by atoms with Crippen LogP contribution in [0.25, 0.3) is 10.9 Å². The number of esters is 1. The third kappa shape index (κ3) is 2.23. The Morgan fingerprint density at radius 1 is 1.42 bits per heavy atom. The zero-order valence-electron chi connectivity index (χ0n) is 11.2. The predicted octanol–water partition coefficient (Wildman–Crippen LogP) is 3.61. The summed E-state index contributed by atoms with van der Waals surface area (Å²) in [6.45, 7) is 6.77. The quantitative estimate of drug-likeness (QED) is 0.877. The maximum atomic E-state index is 12.1. The SMILES string of the molecule is CCOC(=O)c1c(C)n(CC)c2cc(Br)c(O)cc12. The van der Waals surface area contributed by atoms with Crippen LogP contribution in [0.15, 0.2) is 16.6 Å². The van der Waals surface area contributed by atoms with Gasteiger partial charge in [0, 0.05) is 17.6 Å². The Morgan fingerprint density at radius 2 is 2.11 bits per heavy atom. The van der Waals surface area contributed by atoms with Crippen molar-refractivity contribution in [3.05, 3.63) is 27.9 Å². The summed E-state index contributed by atoms with van der Waals surface area (Å²) < 4.78 is 7.75. The van der Waals surface area contributed by atoms with Crippen molar-refractivity contribution in [2.45, 2.75) is 27.3 Å². The van der Waals surface area contributed by atoms with Crippen LogP contribution >= 0.6 is 15.9 Å². The van der Waals surface area contributed by atoms with Crippen molar-refractivity contribution in [1.82, 2.24) is 4.57 Å². The fourth-order valence-electron chi connectivity index (χ4n) is 2.35. The number of hydrogen-bond donors (Lipinski definition) is 1. The van der Waals surface area contributed by atoms with Crippen LogP contribution in [-0.2, 0) is 11.3 Å². The summed E-state index contributed by atoms with van der Waals surface area (Å²) in [5.74, 6) is -0.231. The Labute approximate surface area is 120 Å². The van der Waals surface area contributed by atoms with Gasteiger partial charge in [-0.15, -0.1) is 0 Å². The van der Waals surface area contributed by atoms with Gasteiger partial charge in [-0.25, -0.2) is 4.79 Å². The number of ether oxygens (including phenoxy) is 1. The average Bonchev–Trinajstić information content (AvgIpc) is 2.61. The predicted molar refractivity (Wildman–Crippen MR) is 77.7 cm³/mol. The number of rotatable bonds is 3. The standard InChI is InChI=1S/C14H16BrNO3/c1-4-16-8(3)13(14(18)19-5-2)9-6-12(17)10(15)7-11(9)16/h6-7,17H,4-5H2,1-3H3. The highest BCUT2D eigenvalue weighted by Crippen LogP contribution is 2.34. The van der Waals surface area contributed by atoms with E-state index in [-0.39, 0.29) is 11.7 Å². The molecule has 102 valence electrons. The van der Waals surface area contributed by atoms with Crippen molar-refractivity contribution < 1.29 is 14.6 Å². The van der Waals surface area contributed by atoms with E-state index in [1.165, 1.54) is 0 Å². The Kier molecular flexibility index (Phi) is 3.85. The van der Waals surface area contributed by atoms with E-state index in [0.29, 0.717) is 16.6 Å². The normalized spacial score (nSPS) is 10.9. The number of halogens is 1. The van der Waals surface area contributed by atoms with Gasteiger partial charge in [-0.2, -0.15) is 0 Å². The first-order valence-corrected chi connectivity index (χ1v) is 6.98. The first-order chi connectivity index (χ1) is 9.01. The molecular formula is C14H16BrNO3. The molecule has 0 bridgehead atoms. The zero-order valence-corrected chi connectivity index (χ0v) is 12.7. The Bertz CT molecular complexity index is 646. The van der Waals surface area contributed by atoms with Gasteiger partial charge in [-0.1, -0.05) is 0 Å². The van der Waals surface area contributed by atoms with Gasteiger partial charge in [-0.3, -0.25) is 0 Å². The molecule has 0 radical (unpaired) electrons. The van der Waals surface area contributed by atoms with Gasteiger partial charge >= 0.3 is 5.97 Å². The highest BCUT2D eigenvalue weighted by atomic mass is 79.9. The molecule has 1 aromatic carbocycles. The highest BCUT2D eigenvalue weighted by molar-refractivity contribution is 9.10. The van der Waals surface area contributed by atoms with Crippen LogP contribution in [0.5, 0.6) is 5.75 Å². The van der Waals surface area contributed by atoms with Gasteiger partial charge in [0.1, 0.15) is 5.75 Å². The molecule has 0 atom stereocenters. The lowest BCUT2D eigenvalue weighted by Gasteiger charge is -2.04. The Hall–Kier alpha value is -1.49. The second-order valence-electron chi connectivity index (χ2n) is 4.25. The number of carbonyl (C=O) groups excluding carboxylic acids is 1. The first-order valence-electron chi connectivity index (χ1n) is 6.19. The number of nitrogens with zero attached hydrogens (tertiary/aromatic N) is 1. The number of aromatic nitrogens is 1. The molecule has 0 fully saturated rings. The minimum absolute atomic E-state index is 0.117. The number of hydrogen-bond acceptors (Lipinski definition) is 3. The second kappa shape index (κ2) is 5.25. The fourth-order valence-corrected chi connectivity index (χ4v) is 2.69. The van der Waals surface area contributed by atoms with Crippen molar-refractivity contribution in [2.75, 3.05) is 6.61 Å². The number of aromatic hydroxyl groups is 1. The van der Waals surface area contributed by atoms with Crippen molar-refractivity contribution >= 4 is 32.8 Å². The smallest absolute Gasteiger partial charge is 0.340 e. The van der Waals surface area contributed by atoms with Crippen LogP contribution in [0, 0.1) is 6.92 Å². The van der Waals surface area contributed by atoms with Gasteiger partial charge in [-0.05, 0) is 48.8 Å². The highest BCUT2D eigenvalue weighted by Gasteiger charge is 2.21. The molecule has 2 aromatic rings.